The number of rotatable bonds is 4. The first-order valence-electron chi connectivity index (χ1n) is 6.89. The topological polar surface area (TPSA) is 49.4 Å². The molecule has 114 valence electrons. The van der Waals surface area contributed by atoms with E-state index in [0.717, 1.165) is 12.1 Å². The molecule has 21 heavy (non-hydrogen) atoms. The van der Waals surface area contributed by atoms with Crippen LogP contribution in [-0.2, 0) is 16.1 Å². The van der Waals surface area contributed by atoms with Crippen LogP contribution in [0.5, 0.6) is 0 Å². The van der Waals surface area contributed by atoms with Gasteiger partial charge in [-0.05, 0) is 30.0 Å². The van der Waals surface area contributed by atoms with Crippen molar-refractivity contribution in [2.75, 3.05) is 6.54 Å². The summed E-state index contributed by atoms with van der Waals surface area (Å²) in [6.07, 6.45) is 0.529. The summed E-state index contributed by atoms with van der Waals surface area (Å²) in [7, 11) is 0. The lowest BCUT2D eigenvalue weighted by Crippen LogP contribution is -2.58. The number of benzene rings is 1. The Morgan fingerprint density at radius 2 is 2.00 bits per heavy atom. The van der Waals surface area contributed by atoms with Gasteiger partial charge in [-0.2, -0.15) is 0 Å². The zero-order valence-corrected chi connectivity index (χ0v) is 12.0. The fourth-order valence-corrected chi connectivity index (χ4v) is 2.41. The highest BCUT2D eigenvalue weighted by molar-refractivity contribution is 5.94. The smallest absolute Gasteiger partial charge is 0.243 e. The Hall–Kier alpha value is -1.98. The van der Waals surface area contributed by atoms with E-state index >= 15 is 0 Å². The average Bonchev–Trinajstić information content (AvgIpc) is 2.41. The summed E-state index contributed by atoms with van der Waals surface area (Å²) in [5.41, 5.74) is 0.464. The maximum absolute atomic E-state index is 13.3. The number of hydrogen-bond acceptors (Lipinski definition) is 2. The molecule has 0 saturated carbocycles. The van der Waals surface area contributed by atoms with Crippen molar-refractivity contribution in [1.29, 1.82) is 0 Å². The molecule has 1 unspecified atom stereocenters. The van der Waals surface area contributed by atoms with Gasteiger partial charge in [-0.1, -0.05) is 19.9 Å². The van der Waals surface area contributed by atoms with Crippen molar-refractivity contribution in [3.63, 3.8) is 0 Å². The van der Waals surface area contributed by atoms with Gasteiger partial charge in [0.25, 0.3) is 0 Å². The van der Waals surface area contributed by atoms with Gasteiger partial charge < -0.3 is 10.2 Å². The minimum atomic E-state index is -0.957. The van der Waals surface area contributed by atoms with Gasteiger partial charge in [0.05, 0.1) is 6.54 Å². The van der Waals surface area contributed by atoms with Crippen molar-refractivity contribution in [1.82, 2.24) is 10.2 Å². The highest BCUT2D eigenvalue weighted by atomic mass is 19.2. The highest BCUT2D eigenvalue weighted by Crippen LogP contribution is 2.19. The third kappa shape index (κ3) is 3.56. The molecule has 0 radical (unpaired) electrons. The molecule has 1 heterocycles. The van der Waals surface area contributed by atoms with Crippen LogP contribution in [0.25, 0.3) is 0 Å². The second-order valence-corrected chi connectivity index (χ2v) is 5.63. The lowest BCUT2D eigenvalue weighted by atomic mass is 9.99. The van der Waals surface area contributed by atoms with E-state index in [9.17, 15) is 18.4 Å². The number of piperazine rings is 1. The molecule has 0 bridgehead atoms. The number of hydrogen-bond donors (Lipinski definition) is 1. The number of nitrogens with one attached hydrogen (secondary N) is 1. The predicted molar refractivity (Wildman–Crippen MR) is 73.2 cm³/mol. The molecule has 0 aromatic heterocycles. The molecule has 6 heteroatoms. The Kier molecular flexibility index (Phi) is 4.55. The Morgan fingerprint density at radius 1 is 1.29 bits per heavy atom. The molecule has 1 aliphatic heterocycles. The molecule has 4 nitrogen and oxygen atoms in total. The third-order valence-corrected chi connectivity index (χ3v) is 3.44. The molecule has 1 aliphatic rings. The lowest BCUT2D eigenvalue weighted by molar-refractivity contribution is -0.146. The summed E-state index contributed by atoms with van der Waals surface area (Å²) in [4.78, 5) is 25.4. The van der Waals surface area contributed by atoms with Gasteiger partial charge in [0, 0.05) is 6.54 Å². The van der Waals surface area contributed by atoms with Crippen molar-refractivity contribution in [3.05, 3.63) is 35.4 Å². The number of nitrogens with zero attached hydrogens (tertiary/aromatic N) is 1. The summed E-state index contributed by atoms with van der Waals surface area (Å²) in [6, 6.07) is 2.93. The van der Waals surface area contributed by atoms with Crippen LogP contribution < -0.4 is 5.32 Å². The van der Waals surface area contributed by atoms with E-state index < -0.39 is 17.7 Å². The van der Waals surface area contributed by atoms with Crippen LogP contribution in [0.1, 0.15) is 25.8 Å². The second kappa shape index (κ2) is 6.20. The van der Waals surface area contributed by atoms with Gasteiger partial charge in [0.2, 0.25) is 11.8 Å². The zero-order valence-electron chi connectivity index (χ0n) is 12.0. The van der Waals surface area contributed by atoms with Crippen LogP contribution in [0.4, 0.5) is 8.78 Å². The Bertz CT molecular complexity index is 561. The molecule has 1 atom stereocenters. The molecular formula is C15H18F2N2O2. The largest absolute Gasteiger partial charge is 0.345 e. The van der Waals surface area contributed by atoms with Gasteiger partial charge in [-0.3, -0.25) is 9.59 Å². The van der Waals surface area contributed by atoms with Crippen molar-refractivity contribution in [2.45, 2.75) is 32.9 Å². The van der Waals surface area contributed by atoms with E-state index in [2.05, 4.69) is 5.32 Å². The first-order chi connectivity index (χ1) is 9.88. The molecular weight excluding hydrogens is 278 g/mol. The molecule has 2 rings (SSSR count). The number of halogens is 2. The van der Waals surface area contributed by atoms with Gasteiger partial charge in [-0.15, -0.1) is 0 Å². The quantitative estimate of drug-likeness (QED) is 0.921. The molecule has 0 aliphatic carbocycles. The molecule has 1 N–H and O–H groups in total. The lowest BCUT2D eigenvalue weighted by Gasteiger charge is -2.36. The standard InChI is InChI=1S/C15H18F2N2O2/c1-9(2)5-13-15(21)18-7-14(20)19(13)8-10-3-4-11(16)12(17)6-10/h3-4,6,9,13H,5,7-8H2,1-2H3,(H,18,21). The first kappa shape index (κ1) is 15.4. The normalized spacial score (nSPS) is 19.1. The van der Waals surface area contributed by atoms with Crippen LogP contribution >= 0.6 is 0 Å². The Balaban J connectivity index is 2.21. The molecule has 2 amide bonds. The van der Waals surface area contributed by atoms with Crippen LogP contribution in [-0.4, -0.2) is 29.3 Å². The molecule has 1 fully saturated rings. The molecule has 1 saturated heterocycles. The van der Waals surface area contributed by atoms with Crippen LogP contribution in [0, 0.1) is 17.6 Å². The van der Waals surface area contributed by atoms with Crippen LogP contribution in [0.15, 0.2) is 18.2 Å². The molecule has 1 aromatic rings. The van der Waals surface area contributed by atoms with Crippen LogP contribution in [0.3, 0.4) is 0 Å². The third-order valence-electron chi connectivity index (χ3n) is 3.44. The SMILES string of the molecule is CC(C)CC1C(=O)NCC(=O)N1Cc1ccc(F)c(F)c1. The van der Waals surface area contributed by atoms with E-state index in [-0.39, 0.29) is 30.8 Å². The summed E-state index contributed by atoms with van der Waals surface area (Å²) in [5, 5.41) is 2.56. The predicted octanol–water partition coefficient (Wildman–Crippen LogP) is 1.84. The highest BCUT2D eigenvalue weighted by Gasteiger charge is 2.34. The van der Waals surface area contributed by atoms with Crippen molar-refractivity contribution in [3.8, 4) is 0 Å². The Labute approximate surface area is 122 Å². The maximum atomic E-state index is 13.3. The Morgan fingerprint density at radius 3 is 2.62 bits per heavy atom. The van der Waals surface area contributed by atoms with Gasteiger partial charge in [0.1, 0.15) is 6.04 Å². The summed E-state index contributed by atoms with van der Waals surface area (Å²) >= 11 is 0. The number of amides is 2. The average molecular weight is 296 g/mol. The van der Waals surface area contributed by atoms with E-state index in [0.29, 0.717) is 12.0 Å². The summed E-state index contributed by atoms with van der Waals surface area (Å²) in [5.74, 6) is -2.07. The second-order valence-electron chi connectivity index (χ2n) is 5.63. The van der Waals surface area contributed by atoms with E-state index in [4.69, 9.17) is 0 Å². The summed E-state index contributed by atoms with van der Waals surface area (Å²) in [6.45, 7) is 3.96. The summed E-state index contributed by atoms with van der Waals surface area (Å²) < 4.78 is 26.2. The number of carbonyl (C=O) groups is 2. The maximum Gasteiger partial charge on any atom is 0.243 e. The monoisotopic (exact) mass is 296 g/mol. The molecule has 1 aromatic carbocycles. The minimum absolute atomic E-state index is 0.0584. The van der Waals surface area contributed by atoms with Gasteiger partial charge in [0.15, 0.2) is 11.6 Å². The van der Waals surface area contributed by atoms with E-state index in [1.165, 1.54) is 11.0 Å². The fourth-order valence-electron chi connectivity index (χ4n) is 2.41. The number of carbonyl (C=O) groups excluding carboxylic acids is 2. The van der Waals surface area contributed by atoms with E-state index in [1.807, 2.05) is 13.8 Å². The minimum Gasteiger partial charge on any atom is -0.345 e. The van der Waals surface area contributed by atoms with Gasteiger partial charge >= 0.3 is 0 Å². The van der Waals surface area contributed by atoms with Crippen molar-refractivity contribution >= 4 is 11.8 Å². The van der Waals surface area contributed by atoms with Crippen LogP contribution in [0.2, 0.25) is 0 Å². The van der Waals surface area contributed by atoms with Gasteiger partial charge in [-0.25, -0.2) is 8.78 Å². The first-order valence-corrected chi connectivity index (χ1v) is 6.89. The van der Waals surface area contributed by atoms with Crippen molar-refractivity contribution < 1.29 is 18.4 Å². The fraction of sp³-hybridized carbons (Fsp3) is 0.467. The van der Waals surface area contributed by atoms with Crippen molar-refractivity contribution in [2.24, 2.45) is 5.92 Å². The zero-order chi connectivity index (χ0) is 15.6. The van der Waals surface area contributed by atoms with E-state index in [1.54, 1.807) is 0 Å². The molecule has 0 spiro atoms.